The predicted octanol–water partition coefficient (Wildman–Crippen LogP) is 3.54. The van der Waals surface area contributed by atoms with Gasteiger partial charge in [0.2, 0.25) is 0 Å². The van der Waals surface area contributed by atoms with Crippen LogP contribution in [-0.4, -0.2) is 21.4 Å². The van der Waals surface area contributed by atoms with Crippen molar-refractivity contribution >= 4 is 48.2 Å². The number of sulfonamides is 1. The van der Waals surface area contributed by atoms with Gasteiger partial charge in [0.1, 0.15) is 15.6 Å². The number of carbonyl (C=O) groups is 1. The van der Waals surface area contributed by atoms with Gasteiger partial charge in [-0.05, 0) is 48.9 Å². The van der Waals surface area contributed by atoms with Crippen molar-refractivity contribution in [1.29, 1.82) is 0 Å². The molecule has 1 amide bonds. The number of benzene rings is 1. The summed E-state index contributed by atoms with van der Waals surface area (Å²) in [7, 11) is -2.54. The highest BCUT2D eigenvalue weighted by atomic mass is 79.9. The van der Waals surface area contributed by atoms with Gasteiger partial charge in [-0.1, -0.05) is 22.9 Å². The Hall–Kier alpha value is -1.58. The smallest absolute Gasteiger partial charge is 0.266 e. The van der Waals surface area contributed by atoms with Crippen LogP contribution in [0.1, 0.15) is 34.1 Å². The molecule has 0 saturated carbocycles. The number of carbonyl (C=O) groups excluding carboxylic acids is 1. The number of thiophene rings is 1. The topological polar surface area (TPSA) is 98.5 Å². The minimum atomic E-state index is -3.95. The summed E-state index contributed by atoms with van der Waals surface area (Å²) in [6.07, 6.45) is 2.51. The Morgan fingerprint density at radius 2 is 2.15 bits per heavy atom. The molecular formula is C17H19BrN2O4S2. The van der Waals surface area contributed by atoms with Gasteiger partial charge in [0.05, 0.1) is 12.7 Å². The van der Waals surface area contributed by atoms with Crippen molar-refractivity contribution in [3.63, 3.8) is 0 Å². The van der Waals surface area contributed by atoms with Crippen LogP contribution in [0.5, 0.6) is 5.75 Å². The molecule has 1 aromatic heterocycles. The summed E-state index contributed by atoms with van der Waals surface area (Å²) in [5.41, 5.74) is 6.72. The molecule has 1 atom stereocenters. The van der Waals surface area contributed by atoms with Crippen molar-refractivity contribution in [3.8, 4) is 5.75 Å². The zero-order valence-corrected chi connectivity index (χ0v) is 17.6. The quantitative estimate of drug-likeness (QED) is 0.715. The first kappa shape index (κ1) is 19.2. The molecule has 0 aliphatic heterocycles. The van der Waals surface area contributed by atoms with E-state index in [-0.39, 0.29) is 21.2 Å². The molecule has 2 aromatic rings. The van der Waals surface area contributed by atoms with Crippen LogP contribution >= 0.6 is 27.3 Å². The second-order valence-corrected chi connectivity index (χ2v) is 9.99. The number of rotatable bonds is 5. The number of nitrogens with one attached hydrogen (secondary N) is 1. The van der Waals surface area contributed by atoms with Crippen LogP contribution < -0.4 is 15.2 Å². The van der Waals surface area contributed by atoms with Gasteiger partial charge in [-0.15, -0.1) is 11.3 Å². The molecule has 0 saturated heterocycles. The van der Waals surface area contributed by atoms with E-state index < -0.39 is 15.9 Å². The molecule has 140 valence electrons. The van der Waals surface area contributed by atoms with Gasteiger partial charge in [0, 0.05) is 9.35 Å². The minimum absolute atomic E-state index is 0.00969. The number of hydrogen-bond donors (Lipinski definition) is 2. The van der Waals surface area contributed by atoms with Gasteiger partial charge in [-0.25, -0.2) is 8.42 Å². The van der Waals surface area contributed by atoms with E-state index in [1.807, 2.05) is 0 Å². The van der Waals surface area contributed by atoms with Crippen LogP contribution in [0, 0.1) is 5.92 Å². The summed E-state index contributed by atoms with van der Waals surface area (Å²) >= 11 is 4.56. The molecular weight excluding hydrogens is 440 g/mol. The maximum Gasteiger partial charge on any atom is 0.266 e. The van der Waals surface area contributed by atoms with Crippen molar-refractivity contribution in [2.45, 2.75) is 31.1 Å². The normalized spacial score (nSPS) is 16.8. The Morgan fingerprint density at radius 1 is 1.42 bits per heavy atom. The SMILES string of the molecule is COc1ccc(Br)cc1S(=O)(=O)Nc1sc2c(c1C(N)=O)CC[C@@H](C)C2. The first-order chi connectivity index (χ1) is 12.2. The van der Waals surface area contributed by atoms with Crippen LogP contribution in [0.15, 0.2) is 27.6 Å². The third kappa shape index (κ3) is 3.60. The Balaban J connectivity index is 2.06. The van der Waals surface area contributed by atoms with Crippen LogP contribution in [-0.2, 0) is 22.9 Å². The van der Waals surface area contributed by atoms with E-state index in [0.717, 1.165) is 29.7 Å². The second kappa shape index (κ2) is 7.21. The minimum Gasteiger partial charge on any atom is -0.495 e. The first-order valence-electron chi connectivity index (χ1n) is 8.03. The number of halogens is 1. The molecule has 1 aromatic carbocycles. The average Bonchev–Trinajstić information content (AvgIpc) is 2.90. The lowest BCUT2D eigenvalue weighted by molar-refractivity contribution is 0.100. The summed E-state index contributed by atoms with van der Waals surface area (Å²) in [6, 6.07) is 4.72. The van der Waals surface area contributed by atoms with Crippen LogP contribution in [0.3, 0.4) is 0 Å². The third-order valence-electron chi connectivity index (χ3n) is 4.40. The number of amides is 1. The number of nitrogens with two attached hydrogens (primary N) is 1. The number of fused-ring (bicyclic) bond motifs is 1. The van der Waals surface area contributed by atoms with Crippen molar-refractivity contribution in [2.24, 2.45) is 11.7 Å². The maximum absolute atomic E-state index is 12.9. The van der Waals surface area contributed by atoms with Crippen molar-refractivity contribution in [3.05, 3.63) is 38.7 Å². The highest BCUT2D eigenvalue weighted by Crippen LogP contribution is 2.41. The molecule has 1 aliphatic rings. The van der Waals surface area contributed by atoms with Gasteiger partial charge >= 0.3 is 0 Å². The Morgan fingerprint density at radius 3 is 2.81 bits per heavy atom. The number of hydrogen-bond acceptors (Lipinski definition) is 5. The van der Waals surface area contributed by atoms with E-state index in [4.69, 9.17) is 10.5 Å². The summed E-state index contributed by atoms with van der Waals surface area (Å²) in [5.74, 6) is 0.101. The van der Waals surface area contributed by atoms with Crippen molar-refractivity contribution < 1.29 is 17.9 Å². The average molecular weight is 459 g/mol. The first-order valence-corrected chi connectivity index (χ1v) is 11.1. The molecule has 6 nitrogen and oxygen atoms in total. The molecule has 0 radical (unpaired) electrons. The number of ether oxygens (including phenoxy) is 1. The summed E-state index contributed by atoms with van der Waals surface area (Å²) in [5, 5.41) is 0.277. The molecule has 26 heavy (non-hydrogen) atoms. The molecule has 0 bridgehead atoms. The standard InChI is InChI=1S/C17H19BrN2O4S2/c1-9-3-5-11-13(7-9)25-17(15(11)16(19)21)20-26(22,23)14-8-10(18)4-6-12(14)24-2/h4,6,8-9,20H,3,5,7H2,1-2H3,(H2,19,21)/t9-/m1/s1. The van der Waals surface area contributed by atoms with E-state index in [1.165, 1.54) is 24.5 Å². The van der Waals surface area contributed by atoms with Crippen LogP contribution in [0.2, 0.25) is 0 Å². The van der Waals surface area contributed by atoms with Crippen molar-refractivity contribution in [1.82, 2.24) is 0 Å². The summed E-state index contributed by atoms with van der Waals surface area (Å²) in [6.45, 7) is 2.14. The second-order valence-electron chi connectivity index (χ2n) is 6.32. The Kier molecular flexibility index (Phi) is 5.32. The lowest BCUT2D eigenvalue weighted by atomic mass is 9.88. The molecule has 0 fully saturated rings. The van der Waals surface area contributed by atoms with Gasteiger partial charge in [-0.3, -0.25) is 9.52 Å². The Labute approximate surface area is 164 Å². The van der Waals surface area contributed by atoms with E-state index in [9.17, 15) is 13.2 Å². The van der Waals surface area contributed by atoms with E-state index in [1.54, 1.807) is 12.1 Å². The fourth-order valence-corrected chi connectivity index (χ4v) is 6.55. The molecule has 1 aliphatic carbocycles. The molecule has 3 rings (SSSR count). The zero-order valence-electron chi connectivity index (χ0n) is 14.3. The number of primary amides is 1. The molecule has 1 heterocycles. The van der Waals surface area contributed by atoms with Crippen molar-refractivity contribution in [2.75, 3.05) is 11.8 Å². The van der Waals surface area contributed by atoms with Gasteiger partial charge in [0.25, 0.3) is 15.9 Å². The molecule has 0 unspecified atom stereocenters. The Bertz CT molecular complexity index is 969. The molecule has 3 N–H and O–H groups in total. The highest BCUT2D eigenvalue weighted by molar-refractivity contribution is 9.10. The summed E-state index contributed by atoms with van der Waals surface area (Å²) < 4.78 is 34.2. The monoisotopic (exact) mass is 458 g/mol. The van der Waals surface area contributed by atoms with Gasteiger partial charge < -0.3 is 10.5 Å². The maximum atomic E-state index is 12.9. The largest absolute Gasteiger partial charge is 0.495 e. The molecule has 0 spiro atoms. The van der Waals surface area contributed by atoms with Gasteiger partial charge in [0.15, 0.2) is 0 Å². The number of anilines is 1. The fraction of sp³-hybridized carbons (Fsp3) is 0.353. The van der Waals surface area contributed by atoms with Crippen LogP contribution in [0.25, 0.3) is 0 Å². The van der Waals surface area contributed by atoms with E-state index >= 15 is 0 Å². The van der Waals surface area contributed by atoms with Gasteiger partial charge in [-0.2, -0.15) is 0 Å². The lowest BCUT2D eigenvalue weighted by Crippen LogP contribution is -2.20. The van der Waals surface area contributed by atoms with Crippen LogP contribution in [0.4, 0.5) is 5.00 Å². The fourth-order valence-electron chi connectivity index (χ4n) is 3.12. The predicted molar refractivity (Wildman–Crippen MR) is 106 cm³/mol. The summed E-state index contributed by atoms with van der Waals surface area (Å²) in [4.78, 5) is 13.0. The highest BCUT2D eigenvalue weighted by Gasteiger charge is 2.29. The lowest BCUT2D eigenvalue weighted by Gasteiger charge is -2.18. The molecule has 9 heteroatoms. The number of methoxy groups -OCH3 is 1. The van der Waals surface area contributed by atoms with E-state index in [2.05, 4.69) is 27.6 Å². The van der Waals surface area contributed by atoms with E-state index in [0.29, 0.717) is 10.4 Å². The third-order valence-corrected chi connectivity index (χ3v) is 7.56. The zero-order chi connectivity index (χ0) is 19.1.